The van der Waals surface area contributed by atoms with Crippen LogP contribution < -0.4 is 24.8 Å². The van der Waals surface area contributed by atoms with Crippen LogP contribution in [0.5, 0.6) is 17.2 Å². The Kier molecular flexibility index (Phi) is 6.43. The molecule has 0 aromatic heterocycles. The molecule has 0 saturated heterocycles. The largest absolute Gasteiger partial charge is 0.497 e. The van der Waals surface area contributed by atoms with E-state index in [1.165, 1.54) is 0 Å². The third-order valence-corrected chi connectivity index (χ3v) is 7.38. The fourth-order valence-electron chi connectivity index (χ4n) is 4.96. The van der Waals surface area contributed by atoms with Crippen LogP contribution in [0.3, 0.4) is 0 Å². The first-order chi connectivity index (χ1) is 17.0. The highest BCUT2D eigenvalue weighted by atomic mass is 79.9. The second-order valence-electron chi connectivity index (χ2n) is 8.67. The summed E-state index contributed by atoms with van der Waals surface area (Å²) >= 11 is 3.71. The van der Waals surface area contributed by atoms with Crippen molar-refractivity contribution < 1.29 is 19.0 Å². The molecule has 0 fully saturated rings. The maximum absolute atomic E-state index is 13.8. The molecule has 3 atom stereocenters. The number of rotatable bonds is 5. The lowest BCUT2D eigenvalue weighted by atomic mass is 9.76. The van der Waals surface area contributed by atoms with Crippen LogP contribution in [-0.4, -0.2) is 27.1 Å². The van der Waals surface area contributed by atoms with Gasteiger partial charge < -0.3 is 24.8 Å². The van der Waals surface area contributed by atoms with Crippen molar-refractivity contribution in [2.75, 3.05) is 32.0 Å². The van der Waals surface area contributed by atoms with Gasteiger partial charge in [0.2, 0.25) is 0 Å². The van der Waals surface area contributed by atoms with Crippen LogP contribution in [0, 0.1) is 5.92 Å². The van der Waals surface area contributed by atoms with Crippen molar-refractivity contribution in [3.05, 3.63) is 88.0 Å². The summed E-state index contributed by atoms with van der Waals surface area (Å²) in [5, 5.41) is 7.20. The van der Waals surface area contributed by atoms with Gasteiger partial charge in [-0.1, -0.05) is 46.3 Å². The van der Waals surface area contributed by atoms with Gasteiger partial charge in [-0.15, -0.1) is 0 Å². The van der Waals surface area contributed by atoms with Gasteiger partial charge in [0.1, 0.15) is 11.5 Å². The molecule has 2 N–H and O–H groups in total. The number of methoxy groups -OCH3 is 3. The van der Waals surface area contributed by atoms with Crippen molar-refractivity contribution in [3.8, 4) is 17.2 Å². The molecule has 1 aliphatic carbocycles. The van der Waals surface area contributed by atoms with Crippen molar-refractivity contribution >= 4 is 33.1 Å². The van der Waals surface area contributed by atoms with Gasteiger partial charge in [0.05, 0.1) is 44.7 Å². The highest BCUT2D eigenvalue weighted by molar-refractivity contribution is 9.10. The van der Waals surface area contributed by atoms with Crippen LogP contribution in [-0.2, 0) is 4.79 Å². The summed E-state index contributed by atoms with van der Waals surface area (Å²) in [6.07, 6.45) is 2.59. The fraction of sp³-hybridized carbons (Fsp3) is 0.250. The number of ketones is 1. The summed E-state index contributed by atoms with van der Waals surface area (Å²) in [6, 6.07) is 19.4. The number of benzene rings is 3. The molecule has 5 rings (SSSR count). The molecule has 3 aromatic rings. The third-order valence-electron chi connectivity index (χ3n) is 6.69. The summed E-state index contributed by atoms with van der Waals surface area (Å²) < 4.78 is 17.3. The summed E-state index contributed by atoms with van der Waals surface area (Å²) in [5.74, 6) is 1.73. The van der Waals surface area contributed by atoms with E-state index in [1.54, 1.807) is 21.3 Å². The summed E-state index contributed by atoms with van der Waals surface area (Å²) in [4.78, 5) is 13.8. The first-order valence-corrected chi connectivity index (χ1v) is 12.2. The Hall–Kier alpha value is -3.45. The maximum atomic E-state index is 13.8. The monoisotopic (exact) mass is 534 g/mol. The Balaban J connectivity index is 1.64. The summed E-state index contributed by atoms with van der Waals surface area (Å²) in [7, 11) is 4.88. The van der Waals surface area contributed by atoms with E-state index in [-0.39, 0.29) is 17.7 Å². The second-order valence-corrected chi connectivity index (χ2v) is 9.53. The van der Waals surface area contributed by atoms with Crippen LogP contribution in [0.25, 0.3) is 0 Å². The molecular formula is C28H27BrN2O4. The normalized spacial score (nSPS) is 20.9. The van der Waals surface area contributed by atoms with Gasteiger partial charge in [-0.3, -0.25) is 4.79 Å². The van der Waals surface area contributed by atoms with Gasteiger partial charge in [0.15, 0.2) is 11.5 Å². The molecule has 1 aliphatic heterocycles. The van der Waals surface area contributed by atoms with Gasteiger partial charge in [0, 0.05) is 22.5 Å². The Labute approximate surface area is 213 Å². The molecule has 1 heterocycles. The molecule has 0 bridgehead atoms. The molecule has 7 heteroatoms. The maximum Gasteiger partial charge on any atom is 0.161 e. The molecule has 0 radical (unpaired) electrons. The standard InChI is InChI=1S/C28H27BrN2O4/c1-33-18-8-6-7-16(11-18)17-12-23-27(24(32)13-17)28(31-22-10-5-4-9-21(22)30-23)19-14-25(34-2)26(35-3)15-20(19)29/h4-12,14-15,17,27-28,30-31H,13H2,1-3H3. The van der Waals surface area contributed by atoms with Gasteiger partial charge in [0.25, 0.3) is 0 Å². The Bertz CT molecular complexity index is 1310. The third kappa shape index (κ3) is 4.36. The molecule has 3 unspecified atom stereocenters. The quantitative estimate of drug-likeness (QED) is 0.399. The van der Waals surface area contributed by atoms with Crippen LogP contribution in [0.2, 0.25) is 0 Å². The van der Waals surface area contributed by atoms with Gasteiger partial charge in [-0.25, -0.2) is 0 Å². The summed E-state index contributed by atoms with van der Waals surface area (Å²) in [5.41, 5.74) is 4.73. The number of anilines is 2. The van der Waals surface area contributed by atoms with E-state index in [0.717, 1.165) is 38.4 Å². The number of carbonyl (C=O) groups is 1. The van der Waals surface area contributed by atoms with Crippen LogP contribution in [0.15, 0.2) is 76.9 Å². The number of fused-ring (bicyclic) bond motifs is 2. The highest BCUT2D eigenvalue weighted by Crippen LogP contribution is 2.47. The number of para-hydroxylation sites is 2. The zero-order valence-electron chi connectivity index (χ0n) is 19.8. The number of hydrogen-bond donors (Lipinski definition) is 2. The lowest BCUT2D eigenvalue weighted by Gasteiger charge is -2.33. The zero-order chi connectivity index (χ0) is 24.5. The van der Waals surface area contributed by atoms with Crippen molar-refractivity contribution in [2.24, 2.45) is 5.92 Å². The number of ether oxygens (including phenoxy) is 3. The Morgan fingerprint density at radius 3 is 2.37 bits per heavy atom. The van der Waals surface area contributed by atoms with E-state index < -0.39 is 5.92 Å². The van der Waals surface area contributed by atoms with Crippen LogP contribution in [0.4, 0.5) is 11.4 Å². The van der Waals surface area contributed by atoms with Crippen LogP contribution >= 0.6 is 15.9 Å². The minimum Gasteiger partial charge on any atom is -0.497 e. The SMILES string of the molecule is COc1cccc(C2C=C3Nc4ccccc4NC(c4cc(OC)c(OC)cc4Br)C3C(=O)C2)c1. The van der Waals surface area contributed by atoms with Crippen LogP contribution in [0.1, 0.15) is 29.5 Å². The number of Topliss-reactive ketones (excluding diaryl/α,β-unsaturated/α-hetero) is 1. The molecule has 0 amide bonds. The van der Waals surface area contributed by atoms with Crippen molar-refractivity contribution in [3.63, 3.8) is 0 Å². The molecule has 3 aromatic carbocycles. The number of carbonyl (C=O) groups excluding carboxylic acids is 1. The molecule has 0 spiro atoms. The molecule has 6 nitrogen and oxygen atoms in total. The second kappa shape index (κ2) is 9.66. The number of nitrogens with one attached hydrogen (secondary N) is 2. The first kappa shape index (κ1) is 23.3. The lowest BCUT2D eigenvalue weighted by molar-refractivity contribution is -0.122. The minimum absolute atomic E-state index is 0.0453. The number of allylic oxidation sites excluding steroid dienone is 1. The van der Waals surface area contributed by atoms with Gasteiger partial charge >= 0.3 is 0 Å². The molecule has 2 aliphatic rings. The predicted molar refractivity (Wildman–Crippen MR) is 141 cm³/mol. The van der Waals surface area contributed by atoms with Crippen molar-refractivity contribution in [1.82, 2.24) is 0 Å². The van der Waals surface area contributed by atoms with Gasteiger partial charge in [-0.2, -0.15) is 0 Å². The average Bonchev–Trinajstić information content (AvgIpc) is 3.05. The molecule has 35 heavy (non-hydrogen) atoms. The van der Waals surface area contributed by atoms with Crippen molar-refractivity contribution in [2.45, 2.75) is 18.4 Å². The van der Waals surface area contributed by atoms with E-state index >= 15 is 0 Å². The fourth-order valence-corrected chi connectivity index (χ4v) is 5.53. The van der Waals surface area contributed by atoms with E-state index in [0.29, 0.717) is 17.9 Å². The van der Waals surface area contributed by atoms with E-state index in [1.807, 2.05) is 60.7 Å². The Morgan fingerprint density at radius 1 is 0.886 bits per heavy atom. The minimum atomic E-state index is -0.404. The predicted octanol–water partition coefficient (Wildman–Crippen LogP) is 6.31. The molecule has 180 valence electrons. The van der Waals surface area contributed by atoms with E-state index in [9.17, 15) is 4.79 Å². The first-order valence-electron chi connectivity index (χ1n) is 11.4. The van der Waals surface area contributed by atoms with Gasteiger partial charge in [-0.05, 0) is 47.5 Å². The Morgan fingerprint density at radius 2 is 1.63 bits per heavy atom. The molecule has 0 saturated carbocycles. The smallest absolute Gasteiger partial charge is 0.161 e. The zero-order valence-corrected chi connectivity index (χ0v) is 21.4. The van der Waals surface area contributed by atoms with Crippen molar-refractivity contribution in [1.29, 1.82) is 0 Å². The lowest BCUT2D eigenvalue weighted by Crippen LogP contribution is -2.34. The topological polar surface area (TPSA) is 68.8 Å². The van der Waals surface area contributed by atoms with E-state index in [2.05, 4.69) is 32.6 Å². The highest BCUT2D eigenvalue weighted by Gasteiger charge is 2.40. The number of halogens is 1. The molecular weight excluding hydrogens is 508 g/mol. The summed E-state index contributed by atoms with van der Waals surface area (Å²) in [6.45, 7) is 0. The van der Waals surface area contributed by atoms with E-state index in [4.69, 9.17) is 14.2 Å². The average molecular weight is 535 g/mol. The number of hydrogen-bond acceptors (Lipinski definition) is 6.